The Bertz CT molecular complexity index is 392. The second-order valence-corrected chi connectivity index (χ2v) is 6.09. The monoisotopic (exact) mass is 363 g/mol. The molecule has 1 fully saturated rings. The van der Waals surface area contributed by atoms with Crippen LogP contribution in [0, 0.1) is 0 Å². The Labute approximate surface area is 118 Å². The second kappa shape index (κ2) is 5.80. The molecule has 17 heavy (non-hydrogen) atoms. The van der Waals surface area contributed by atoms with Gasteiger partial charge in [-0.05, 0) is 49.6 Å². The van der Waals surface area contributed by atoms with Crippen LogP contribution in [0.3, 0.4) is 0 Å². The number of ether oxygens (including phenoxy) is 1. The van der Waals surface area contributed by atoms with E-state index in [0.29, 0.717) is 26.2 Å². The van der Waals surface area contributed by atoms with E-state index in [4.69, 9.17) is 4.74 Å². The number of halogens is 2. The van der Waals surface area contributed by atoms with E-state index in [-0.39, 0.29) is 0 Å². The van der Waals surface area contributed by atoms with Crippen LogP contribution >= 0.6 is 31.9 Å². The molecule has 0 bridgehead atoms. The lowest BCUT2D eigenvalue weighted by Crippen LogP contribution is -2.40. The van der Waals surface area contributed by atoms with E-state index in [1.807, 2.05) is 6.07 Å². The molecule has 1 atom stereocenters. The van der Waals surface area contributed by atoms with Gasteiger partial charge in [-0.25, -0.2) is 0 Å². The molecule has 0 radical (unpaired) electrons. The van der Waals surface area contributed by atoms with Gasteiger partial charge in [-0.2, -0.15) is 0 Å². The SMILES string of the molecule is OC1(CNCc2ccc(Br)c(Br)c2)CCOC1. The van der Waals surface area contributed by atoms with Crippen molar-refractivity contribution in [3.8, 4) is 0 Å². The average molecular weight is 365 g/mol. The summed E-state index contributed by atoms with van der Waals surface area (Å²) >= 11 is 6.91. The molecule has 1 aromatic carbocycles. The maximum Gasteiger partial charge on any atom is 0.102 e. The largest absolute Gasteiger partial charge is 0.386 e. The predicted octanol–water partition coefficient (Wildman–Crippen LogP) is 2.45. The van der Waals surface area contributed by atoms with Crippen molar-refractivity contribution in [1.29, 1.82) is 0 Å². The highest BCUT2D eigenvalue weighted by molar-refractivity contribution is 9.13. The van der Waals surface area contributed by atoms with Crippen molar-refractivity contribution in [3.63, 3.8) is 0 Å². The molecule has 0 spiro atoms. The van der Waals surface area contributed by atoms with Crippen molar-refractivity contribution in [2.24, 2.45) is 0 Å². The quantitative estimate of drug-likeness (QED) is 0.862. The van der Waals surface area contributed by atoms with Gasteiger partial charge in [0.2, 0.25) is 0 Å². The Hall–Kier alpha value is 0.0600. The molecule has 1 heterocycles. The van der Waals surface area contributed by atoms with Gasteiger partial charge in [0.1, 0.15) is 5.60 Å². The summed E-state index contributed by atoms with van der Waals surface area (Å²) in [6.45, 7) is 2.40. The zero-order valence-corrected chi connectivity index (χ0v) is 12.6. The highest BCUT2D eigenvalue weighted by Gasteiger charge is 2.31. The average Bonchev–Trinajstić information content (AvgIpc) is 2.71. The van der Waals surface area contributed by atoms with Crippen LogP contribution in [0.5, 0.6) is 0 Å². The fraction of sp³-hybridized carbons (Fsp3) is 0.500. The minimum atomic E-state index is -0.688. The van der Waals surface area contributed by atoms with Crippen LogP contribution in [0.2, 0.25) is 0 Å². The van der Waals surface area contributed by atoms with Crippen molar-refractivity contribution >= 4 is 31.9 Å². The third-order valence-corrected chi connectivity index (χ3v) is 4.73. The zero-order valence-electron chi connectivity index (χ0n) is 9.38. The molecule has 0 aliphatic carbocycles. The van der Waals surface area contributed by atoms with Crippen LogP contribution in [0.15, 0.2) is 27.1 Å². The summed E-state index contributed by atoms with van der Waals surface area (Å²) in [5.41, 5.74) is 0.495. The van der Waals surface area contributed by atoms with Gasteiger partial charge in [-0.3, -0.25) is 0 Å². The van der Waals surface area contributed by atoms with E-state index in [1.54, 1.807) is 0 Å². The summed E-state index contributed by atoms with van der Waals surface area (Å²) in [6, 6.07) is 6.12. The Morgan fingerprint density at radius 3 is 2.82 bits per heavy atom. The van der Waals surface area contributed by atoms with Gasteiger partial charge in [0.25, 0.3) is 0 Å². The number of aliphatic hydroxyl groups is 1. The van der Waals surface area contributed by atoms with Gasteiger partial charge < -0.3 is 15.2 Å². The number of rotatable bonds is 4. The van der Waals surface area contributed by atoms with Crippen molar-refractivity contribution in [3.05, 3.63) is 32.7 Å². The van der Waals surface area contributed by atoms with Gasteiger partial charge in [0.05, 0.1) is 6.61 Å². The first kappa shape index (κ1) is 13.5. The van der Waals surface area contributed by atoms with Crippen LogP contribution in [-0.2, 0) is 11.3 Å². The first-order valence-corrected chi connectivity index (χ1v) is 7.12. The Kier molecular flexibility index (Phi) is 4.60. The normalized spacial score (nSPS) is 24.2. The fourth-order valence-electron chi connectivity index (χ4n) is 1.82. The molecule has 3 nitrogen and oxygen atoms in total. The van der Waals surface area contributed by atoms with E-state index in [2.05, 4.69) is 49.3 Å². The lowest BCUT2D eigenvalue weighted by atomic mass is 10.0. The Morgan fingerprint density at radius 2 is 2.18 bits per heavy atom. The summed E-state index contributed by atoms with van der Waals surface area (Å²) in [5, 5.41) is 13.3. The van der Waals surface area contributed by atoms with E-state index < -0.39 is 5.60 Å². The highest BCUT2D eigenvalue weighted by Crippen LogP contribution is 2.24. The first-order chi connectivity index (χ1) is 8.09. The van der Waals surface area contributed by atoms with E-state index in [9.17, 15) is 5.11 Å². The summed E-state index contributed by atoms with van der Waals surface area (Å²) < 4.78 is 7.28. The molecule has 0 aromatic heterocycles. The summed E-state index contributed by atoms with van der Waals surface area (Å²) in [4.78, 5) is 0. The molecular formula is C12H15Br2NO2. The van der Waals surface area contributed by atoms with Crippen LogP contribution < -0.4 is 5.32 Å². The third kappa shape index (κ3) is 3.76. The highest BCUT2D eigenvalue weighted by atomic mass is 79.9. The van der Waals surface area contributed by atoms with Crippen LogP contribution in [0.1, 0.15) is 12.0 Å². The van der Waals surface area contributed by atoms with Gasteiger partial charge in [-0.1, -0.05) is 6.07 Å². The van der Waals surface area contributed by atoms with Gasteiger partial charge in [0.15, 0.2) is 0 Å². The second-order valence-electron chi connectivity index (χ2n) is 4.38. The van der Waals surface area contributed by atoms with Crippen molar-refractivity contribution in [1.82, 2.24) is 5.32 Å². The predicted molar refractivity (Wildman–Crippen MR) is 73.9 cm³/mol. The molecule has 0 amide bonds. The maximum absolute atomic E-state index is 10.1. The molecule has 1 aliphatic heterocycles. The fourth-order valence-corrected chi connectivity index (χ4v) is 2.50. The van der Waals surface area contributed by atoms with Crippen LogP contribution in [0.4, 0.5) is 0 Å². The molecule has 1 aromatic rings. The first-order valence-electron chi connectivity index (χ1n) is 5.54. The Morgan fingerprint density at radius 1 is 1.35 bits per heavy atom. The van der Waals surface area contributed by atoms with E-state index >= 15 is 0 Å². The van der Waals surface area contributed by atoms with Gasteiger partial charge in [-0.15, -0.1) is 0 Å². The Balaban J connectivity index is 1.83. The molecular weight excluding hydrogens is 350 g/mol. The van der Waals surface area contributed by atoms with Gasteiger partial charge in [0, 0.05) is 35.1 Å². The zero-order chi connectivity index (χ0) is 12.3. The van der Waals surface area contributed by atoms with Crippen LogP contribution in [0.25, 0.3) is 0 Å². The molecule has 2 rings (SSSR count). The third-order valence-electron chi connectivity index (χ3n) is 2.85. The van der Waals surface area contributed by atoms with Crippen molar-refractivity contribution in [2.45, 2.75) is 18.6 Å². The molecule has 1 saturated heterocycles. The van der Waals surface area contributed by atoms with E-state index in [1.165, 1.54) is 5.56 Å². The number of benzene rings is 1. The molecule has 5 heteroatoms. The molecule has 1 unspecified atom stereocenters. The summed E-state index contributed by atoms with van der Waals surface area (Å²) in [7, 11) is 0. The lowest BCUT2D eigenvalue weighted by Gasteiger charge is -2.20. The number of hydrogen-bond donors (Lipinski definition) is 2. The molecule has 0 saturated carbocycles. The van der Waals surface area contributed by atoms with Crippen LogP contribution in [-0.4, -0.2) is 30.5 Å². The van der Waals surface area contributed by atoms with Crippen molar-refractivity contribution in [2.75, 3.05) is 19.8 Å². The molecule has 1 aliphatic rings. The van der Waals surface area contributed by atoms with E-state index in [0.717, 1.165) is 15.5 Å². The summed E-state index contributed by atoms with van der Waals surface area (Å²) in [5.74, 6) is 0. The maximum atomic E-state index is 10.1. The van der Waals surface area contributed by atoms with Crippen molar-refractivity contribution < 1.29 is 9.84 Å². The lowest BCUT2D eigenvalue weighted by molar-refractivity contribution is 0.0268. The molecule has 94 valence electrons. The minimum Gasteiger partial charge on any atom is -0.386 e. The number of hydrogen-bond acceptors (Lipinski definition) is 3. The summed E-state index contributed by atoms with van der Waals surface area (Å²) in [6.07, 6.45) is 0.712. The number of nitrogens with one attached hydrogen (secondary N) is 1. The smallest absolute Gasteiger partial charge is 0.102 e. The standard InChI is InChI=1S/C12H15Br2NO2/c13-10-2-1-9(5-11(10)14)6-15-7-12(16)3-4-17-8-12/h1-2,5,15-16H,3-4,6-8H2. The molecule has 2 N–H and O–H groups in total. The topological polar surface area (TPSA) is 41.5 Å². The van der Waals surface area contributed by atoms with Gasteiger partial charge >= 0.3 is 0 Å². The minimum absolute atomic E-state index is 0.435.